The van der Waals surface area contributed by atoms with Crippen molar-refractivity contribution in [2.75, 3.05) is 46.1 Å². The van der Waals surface area contributed by atoms with Crippen molar-refractivity contribution in [3.05, 3.63) is 35.6 Å². The predicted molar refractivity (Wildman–Crippen MR) is 102 cm³/mol. The van der Waals surface area contributed by atoms with Crippen LogP contribution in [0.1, 0.15) is 18.4 Å². The SMILES string of the molecule is I.NC(=NCC1(c2ccc(F)cc2)CCOCC1)N1CCOCC1. The molecular weight excluding hydrogens is 424 g/mol. The van der Waals surface area contributed by atoms with Crippen LogP contribution in [0.2, 0.25) is 0 Å². The molecule has 0 aromatic heterocycles. The normalized spacial score (nSPS) is 21.2. The molecule has 2 aliphatic rings. The number of aliphatic imine (C=N–C) groups is 1. The summed E-state index contributed by atoms with van der Waals surface area (Å²) in [5, 5.41) is 0. The summed E-state index contributed by atoms with van der Waals surface area (Å²) < 4.78 is 24.1. The minimum Gasteiger partial charge on any atom is -0.381 e. The van der Waals surface area contributed by atoms with Gasteiger partial charge in [-0.3, -0.25) is 4.99 Å². The van der Waals surface area contributed by atoms with Gasteiger partial charge in [-0.25, -0.2) is 4.39 Å². The van der Waals surface area contributed by atoms with Gasteiger partial charge in [0.25, 0.3) is 0 Å². The lowest BCUT2D eigenvalue weighted by Crippen LogP contribution is -2.46. The van der Waals surface area contributed by atoms with E-state index in [1.807, 2.05) is 12.1 Å². The standard InChI is InChI=1S/C17H24FN3O2.HI/c18-15-3-1-14(2-4-15)17(5-9-22-10-6-17)13-20-16(19)21-7-11-23-12-8-21;/h1-4H,5-13H2,(H2,19,20);1H. The molecule has 1 aromatic rings. The van der Waals surface area contributed by atoms with Crippen LogP contribution in [0, 0.1) is 5.82 Å². The molecule has 0 aliphatic carbocycles. The molecule has 0 unspecified atom stereocenters. The van der Waals surface area contributed by atoms with Crippen LogP contribution in [0.5, 0.6) is 0 Å². The Morgan fingerprint density at radius 1 is 1.08 bits per heavy atom. The number of halogens is 2. The Morgan fingerprint density at radius 3 is 2.29 bits per heavy atom. The van der Waals surface area contributed by atoms with E-state index in [1.165, 1.54) is 12.1 Å². The Morgan fingerprint density at radius 2 is 1.67 bits per heavy atom. The number of ether oxygens (including phenoxy) is 2. The molecule has 2 saturated heterocycles. The van der Waals surface area contributed by atoms with Crippen molar-refractivity contribution in [1.82, 2.24) is 4.90 Å². The Labute approximate surface area is 159 Å². The van der Waals surface area contributed by atoms with Crippen molar-refractivity contribution in [2.45, 2.75) is 18.3 Å². The van der Waals surface area contributed by atoms with Crippen molar-refractivity contribution in [3.63, 3.8) is 0 Å². The van der Waals surface area contributed by atoms with Gasteiger partial charge in [0, 0.05) is 31.7 Å². The van der Waals surface area contributed by atoms with Crippen LogP contribution in [-0.4, -0.2) is 56.9 Å². The van der Waals surface area contributed by atoms with Gasteiger partial charge in [-0.05, 0) is 30.5 Å². The summed E-state index contributed by atoms with van der Waals surface area (Å²) in [6.07, 6.45) is 1.75. The van der Waals surface area contributed by atoms with Crippen molar-refractivity contribution in [2.24, 2.45) is 10.7 Å². The van der Waals surface area contributed by atoms with Crippen LogP contribution >= 0.6 is 24.0 Å². The summed E-state index contributed by atoms with van der Waals surface area (Å²) in [6.45, 7) is 4.93. The second-order valence-corrected chi connectivity index (χ2v) is 6.17. The summed E-state index contributed by atoms with van der Waals surface area (Å²) in [4.78, 5) is 6.71. The molecule has 7 heteroatoms. The molecule has 2 aliphatic heterocycles. The molecular formula is C17H25FIN3O2. The molecule has 2 heterocycles. The number of guanidine groups is 1. The third-order valence-electron chi connectivity index (χ3n) is 4.79. The average Bonchev–Trinajstić information content (AvgIpc) is 2.62. The fourth-order valence-corrected chi connectivity index (χ4v) is 3.23. The van der Waals surface area contributed by atoms with E-state index in [1.54, 1.807) is 0 Å². The van der Waals surface area contributed by atoms with Crippen LogP contribution in [0.3, 0.4) is 0 Å². The number of morpholine rings is 1. The molecule has 2 fully saturated rings. The summed E-state index contributed by atoms with van der Waals surface area (Å²) >= 11 is 0. The van der Waals surface area contributed by atoms with Crippen LogP contribution in [0.15, 0.2) is 29.3 Å². The monoisotopic (exact) mass is 449 g/mol. The molecule has 134 valence electrons. The zero-order chi connectivity index (χ0) is 16.1. The molecule has 0 radical (unpaired) electrons. The van der Waals surface area contributed by atoms with Gasteiger partial charge >= 0.3 is 0 Å². The third kappa shape index (κ3) is 4.58. The van der Waals surface area contributed by atoms with Crippen molar-refractivity contribution in [3.8, 4) is 0 Å². The molecule has 0 spiro atoms. The highest BCUT2D eigenvalue weighted by Gasteiger charge is 2.34. The fourth-order valence-electron chi connectivity index (χ4n) is 3.23. The highest BCUT2D eigenvalue weighted by Crippen LogP contribution is 2.35. The predicted octanol–water partition coefficient (Wildman–Crippen LogP) is 2.14. The summed E-state index contributed by atoms with van der Waals surface area (Å²) in [5.41, 5.74) is 7.15. The van der Waals surface area contributed by atoms with Gasteiger partial charge in [-0.1, -0.05) is 12.1 Å². The van der Waals surface area contributed by atoms with Gasteiger partial charge < -0.3 is 20.1 Å². The van der Waals surface area contributed by atoms with Gasteiger partial charge in [-0.15, -0.1) is 24.0 Å². The zero-order valence-electron chi connectivity index (χ0n) is 13.7. The molecule has 3 rings (SSSR count). The van der Waals surface area contributed by atoms with Crippen LogP contribution < -0.4 is 5.73 Å². The molecule has 0 saturated carbocycles. The van der Waals surface area contributed by atoms with Crippen LogP contribution in [-0.2, 0) is 14.9 Å². The number of benzene rings is 1. The first kappa shape index (κ1) is 19.4. The minimum absolute atomic E-state index is 0. The number of nitrogens with two attached hydrogens (primary N) is 1. The second kappa shape index (κ2) is 8.96. The van der Waals surface area contributed by atoms with E-state index < -0.39 is 0 Å². The Kier molecular flexibility index (Phi) is 7.24. The lowest BCUT2D eigenvalue weighted by Gasteiger charge is -2.37. The summed E-state index contributed by atoms with van der Waals surface area (Å²) in [7, 11) is 0. The van der Waals surface area contributed by atoms with Gasteiger partial charge in [0.2, 0.25) is 0 Å². The number of nitrogens with zero attached hydrogens (tertiary/aromatic N) is 2. The molecule has 1 aromatic carbocycles. The van der Waals surface area contributed by atoms with E-state index in [-0.39, 0.29) is 35.2 Å². The number of rotatable bonds is 3. The first-order valence-corrected chi connectivity index (χ1v) is 8.16. The van der Waals surface area contributed by atoms with Crippen molar-refractivity contribution in [1.29, 1.82) is 0 Å². The molecule has 24 heavy (non-hydrogen) atoms. The Bertz CT molecular complexity index is 541. The smallest absolute Gasteiger partial charge is 0.191 e. The van der Waals surface area contributed by atoms with Gasteiger partial charge in [0.15, 0.2) is 5.96 Å². The maximum atomic E-state index is 13.2. The van der Waals surface area contributed by atoms with Crippen LogP contribution in [0.4, 0.5) is 4.39 Å². The molecule has 0 atom stereocenters. The molecule has 2 N–H and O–H groups in total. The minimum atomic E-state index is -0.215. The van der Waals surface area contributed by atoms with E-state index in [2.05, 4.69) is 9.89 Å². The van der Waals surface area contributed by atoms with E-state index in [0.717, 1.165) is 31.5 Å². The topological polar surface area (TPSA) is 60.1 Å². The Hall–Kier alpha value is -0.930. The Balaban J connectivity index is 0.00000208. The number of hydrogen-bond donors (Lipinski definition) is 1. The quantitative estimate of drug-likeness (QED) is 0.437. The highest BCUT2D eigenvalue weighted by atomic mass is 127. The van der Waals surface area contributed by atoms with Crippen LogP contribution in [0.25, 0.3) is 0 Å². The summed E-state index contributed by atoms with van der Waals surface area (Å²) in [6, 6.07) is 6.76. The number of hydrogen-bond acceptors (Lipinski definition) is 3. The van der Waals surface area contributed by atoms with E-state index in [9.17, 15) is 4.39 Å². The second-order valence-electron chi connectivity index (χ2n) is 6.17. The first-order valence-electron chi connectivity index (χ1n) is 8.16. The average molecular weight is 449 g/mol. The molecule has 0 bridgehead atoms. The maximum absolute atomic E-state index is 13.2. The van der Waals surface area contributed by atoms with E-state index in [4.69, 9.17) is 15.2 Å². The largest absolute Gasteiger partial charge is 0.381 e. The molecule has 5 nitrogen and oxygen atoms in total. The van der Waals surface area contributed by atoms with Crippen molar-refractivity contribution >= 4 is 29.9 Å². The zero-order valence-corrected chi connectivity index (χ0v) is 16.1. The van der Waals surface area contributed by atoms with E-state index >= 15 is 0 Å². The first-order chi connectivity index (χ1) is 11.2. The fraction of sp³-hybridized carbons (Fsp3) is 0.588. The lowest BCUT2D eigenvalue weighted by atomic mass is 9.74. The molecule has 0 amide bonds. The summed E-state index contributed by atoms with van der Waals surface area (Å²) in [5.74, 6) is 0.355. The third-order valence-corrected chi connectivity index (χ3v) is 4.79. The highest BCUT2D eigenvalue weighted by molar-refractivity contribution is 14.0. The van der Waals surface area contributed by atoms with E-state index in [0.29, 0.717) is 38.9 Å². The van der Waals surface area contributed by atoms with Gasteiger partial charge in [-0.2, -0.15) is 0 Å². The van der Waals surface area contributed by atoms with Gasteiger partial charge in [0.05, 0.1) is 19.8 Å². The lowest BCUT2D eigenvalue weighted by molar-refractivity contribution is 0.0524. The maximum Gasteiger partial charge on any atom is 0.191 e. The van der Waals surface area contributed by atoms with Crippen molar-refractivity contribution < 1.29 is 13.9 Å². The van der Waals surface area contributed by atoms with Gasteiger partial charge in [0.1, 0.15) is 5.82 Å².